The molecule has 0 aromatic rings. The van der Waals surface area contributed by atoms with Crippen LogP contribution in [0.25, 0.3) is 0 Å². The molecule has 1 rings (SSSR count). The molecule has 0 saturated heterocycles. The number of carbonyl (C=O) groups is 1. The Hall–Kier alpha value is -2.03. The van der Waals surface area contributed by atoms with Gasteiger partial charge in [-0.2, -0.15) is 0 Å². The van der Waals surface area contributed by atoms with Crippen molar-refractivity contribution in [1.29, 1.82) is 0 Å². The normalized spacial score (nSPS) is 20.1. The Bertz CT molecular complexity index is 566. The second kappa shape index (κ2) is 10.8. The Morgan fingerprint density at radius 2 is 1.96 bits per heavy atom. The van der Waals surface area contributed by atoms with Crippen LogP contribution >= 0.6 is 0 Å². The Morgan fingerprint density at radius 3 is 2.48 bits per heavy atom. The van der Waals surface area contributed by atoms with E-state index < -0.39 is 6.10 Å². The third-order valence-electron chi connectivity index (χ3n) is 4.40. The zero-order chi connectivity index (χ0) is 18.3. The first-order valence-electron chi connectivity index (χ1n) is 8.68. The highest BCUT2D eigenvalue weighted by atomic mass is 16.5. The number of aliphatic hydroxyl groups excluding tert-OH is 1. The van der Waals surface area contributed by atoms with E-state index >= 15 is 0 Å². The first-order valence-corrected chi connectivity index (χ1v) is 8.68. The van der Waals surface area contributed by atoms with Crippen LogP contribution in [0.2, 0.25) is 0 Å². The fourth-order valence-electron chi connectivity index (χ4n) is 2.95. The molecule has 3 heteroatoms. The molecule has 1 N–H and O–H groups in total. The number of hydrogen-bond acceptors (Lipinski definition) is 3. The number of aliphatic hydroxyl groups is 1. The van der Waals surface area contributed by atoms with Crippen molar-refractivity contribution in [2.45, 2.75) is 65.9 Å². The van der Waals surface area contributed by atoms with Crippen LogP contribution in [0.3, 0.4) is 0 Å². The molecule has 3 nitrogen and oxygen atoms in total. The van der Waals surface area contributed by atoms with E-state index in [4.69, 9.17) is 4.74 Å². The lowest BCUT2D eigenvalue weighted by molar-refractivity contribution is -0.145. The number of ether oxygens (including phenoxy) is 1. The molecule has 0 aliphatic heterocycles. The van der Waals surface area contributed by atoms with Crippen molar-refractivity contribution in [3.63, 3.8) is 0 Å². The molecule has 140 valence electrons. The quantitative estimate of drug-likeness (QED) is 0.399. The Kier molecular flexibility index (Phi) is 9.88. The lowest BCUT2D eigenvalue weighted by Crippen LogP contribution is -2.32. The molecule has 0 spiro atoms. The summed E-state index contributed by atoms with van der Waals surface area (Å²) in [4.78, 5) is 11.8. The average molecular weight is 347 g/mol. The summed E-state index contributed by atoms with van der Waals surface area (Å²) in [6, 6.07) is 0. The van der Waals surface area contributed by atoms with Gasteiger partial charge in [0.05, 0.1) is 0 Å². The lowest BCUT2D eigenvalue weighted by Gasteiger charge is -2.35. The smallest absolute Gasteiger partial charge is 0.306 e. The number of esters is 1. The SMILES string of the molecule is C.C=CCCC(=C)C1=C(O)C(CCCC)C(=C)C(OC(=O)CC)C1=C. The highest BCUT2D eigenvalue weighted by Crippen LogP contribution is 2.42. The molecular weight excluding hydrogens is 312 g/mol. The highest BCUT2D eigenvalue weighted by Gasteiger charge is 2.37. The summed E-state index contributed by atoms with van der Waals surface area (Å²) in [5.41, 5.74) is 2.71. The zero-order valence-electron chi connectivity index (χ0n) is 15.1. The molecule has 25 heavy (non-hydrogen) atoms. The largest absolute Gasteiger partial charge is 0.511 e. The minimum Gasteiger partial charge on any atom is -0.511 e. The number of allylic oxidation sites excluding steroid dienone is 3. The molecular formula is C22H34O3. The van der Waals surface area contributed by atoms with Gasteiger partial charge in [-0.05, 0) is 30.4 Å². The van der Waals surface area contributed by atoms with Crippen molar-refractivity contribution < 1.29 is 14.6 Å². The molecule has 0 aromatic heterocycles. The third-order valence-corrected chi connectivity index (χ3v) is 4.40. The van der Waals surface area contributed by atoms with Gasteiger partial charge in [-0.3, -0.25) is 4.79 Å². The molecule has 0 radical (unpaired) electrons. The first kappa shape index (κ1) is 23.0. The van der Waals surface area contributed by atoms with E-state index in [1.807, 2.05) is 6.08 Å². The van der Waals surface area contributed by atoms with Crippen molar-refractivity contribution in [2.24, 2.45) is 5.92 Å². The van der Waals surface area contributed by atoms with Crippen LogP contribution in [0.4, 0.5) is 0 Å². The number of rotatable bonds is 9. The second-order valence-corrected chi connectivity index (χ2v) is 6.21. The van der Waals surface area contributed by atoms with Crippen LogP contribution in [0, 0.1) is 5.92 Å². The first-order chi connectivity index (χ1) is 11.4. The van der Waals surface area contributed by atoms with Crippen molar-refractivity contribution in [3.8, 4) is 0 Å². The number of carbonyl (C=O) groups excluding carboxylic acids is 1. The monoisotopic (exact) mass is 346 g/mol. The molecule has 1 aliphatic carbocycles. The van der Waals surface area contributed by atoms with E-state index in [-0.39, 0.29) is 25.1 Å². The van der Waals surface area contributed by atoms with Gasteiger partial charge >= 0.3 is 5.97 Å². The van der Waals surface area contributed by atoms with E-state index in [1.54, 1.807) is 6.92 Å². The van der Waals surface area contributed by atoms with Crippen LogP contribution in [0.5, 0.6) is 0 Å². The molecule has 2 atom stereocenters. The van der Waals surface area contributed by atoms with Gasteiger partial charge in [0.15, 0.2) is 0 Å². The number of hydrogen-bond donors (Lipinski definition) is 1. The van der Waals surface area contributed by atoms with Crippen molar-refractivity contribution in [2.75, 3.05) is 0 Å². The molecule has 0 heterocycles. The maximum atomic E-state index is 11.8. The molecule has 0 aromatic carbocycles. The highest BCUT2D eigenvalue weighted by molar-refractivity contribution is 5.71. The summed E-state index contributed by atoms with van der Waals surface area (Å²) < 4.78 is 5.56. The van der Waals surface area contributed by atoms with E-state index in [2.05, 4.69) is 33.2 Å². The van der Waals surface area contributed by atoms with Gasteiger partial charge in [0.25, 0.3) is 0 Å². The second-order valence-electron chi connectivity index (χ2n) is 6.21. The van der Waals surface area contributed by atoms with Gasteiger partial charge in [0.1, 0.15) is 11.9 Å². The lowest BCUT2D eigenvalue weighted by atomic mass is 9.75. The number of unbranched alkanes of at least 4 members (excludes halogenated alkanes) is 1. The average Bonchev–Trinajstić information content (AvgIpc) is 2.56. The van der Waals surface area contributed by atoms with E-state index in [1.165, 1.54) is 0 Å². The third kappa shape index (κ3) is 5.48. The standard InChI is InChI=1S/C21H30O3.CH4/c1-7-10-12-14(4)19-16(6)21(24-18(22)9-3)15(5)17(20(19)23)13-11-8-2;/h7,17,21,23H,1,4-6,8-13H2,2-3H3;1H4. The van der Waals surface area contributed by atoms with Gasteiger partial charge in [0, 0.05) is 23.5 Å². The molecule has 0 amide bonds. The summed E-state index contributed by atoms with van der Waals surface area (Å²) >= 11 is 0. The maximum Gasteiger partial charge on any atom is 0.306 e. The molecule has 0 fully saturated rings. The summed E-state index contributed by atoms with van der Waals surface area (Å²) in [6.07, 6.45) is 5.71. The van der Waals surface area contributed by atoms with Crippen LogP contribution in [0.15, 0.2) is 60.4 Å². The van der Waals surface area contributed by atoms with Gasteiger partial charge < -0.3 is 9.84 Å². The van der Waals surface area contributed by atoms with Crippen molar-refractivity contribution in [1.82, 2.24) is 0 Å². The Morgan fingerprint density at radius 1 is 1.32 bits per heavy atom. The molecule has 0 bridgehead atoms. The van der Waals surface area contributed by atoms with Crippen molar-refractivity contribution >= 4 is 5.97 Å². The van der Waals surface area contributed by atoms with Crippen LogP contribution in [-0.2, 0) is 9.53 Å². The van der Waals surface area contributed by atoms with E-state index in [0.29, 0.717) is 29.6 Å². The van der Waals surface area contributed by atoms with E-state index in [0.717, 1.165) is 31.3 Å². The Balaban J connectivity index is 0.00000576. The maximum absolute atomic E-state index is 11.8. The van der Waals surface area contributed by atoms with Gasteiger partial charge in [-0.25, -0.2) is 0 Å². The van der Waals surface area contributed by atoms with Crippen molar-refractivity contribution in [3.05, 3.63) is 60.4 Å². The van der Waals surface area contributed by atoms with E-state index in [9.17, 15) is 9.90 Å². The van der Waals surface area contributed by atoms with Gasteiger partial charge in [-0.1, -0.05) is 59.9 Å². The molecule has 1 aliphatic rings. The molecule has 2 unspecified atom stereocenters. The minimum absolute atomic E-state index is 0. The predicted molar refractivity (Wildman–Crippen MR) is 106 cm³/mol. The van der Waals surface area contributed by atoms with Crippen LogP contribution < -0.4 is 0 Å². The van der Waals surface area contributed by atoms with Gasteiger partial charge in [0.2, 0.25) is 0 Å². The summed E-state index contributed by atoms with van der Waals surface area (Å²) in [6.45, 7) is 19.8. The Labute approximate surface area is 153 Å². The van der Waals surface area contributed by atoms with Crippen LogP contribution in [0.1, 0.15) is 59.8 Å². The predicted octanol–water partition coefficient (Wildman–Crippen LogP) is 6.21. The molecule has 0 saturated carbocycles. The summed E-state index contributed by atoms with van der Waals surface area (Å²) in [7, 11) is 0. The zero-order valence-corrected chi connectivity index (χ0v) is 15.1. The fraction of sp³-hybridized carbons (Fsp3) is 0.500. The fourth-order valence-corrected chi connectivity index (χ4v) is 2.95. The van der Waals surface area contributed by atoms with Gasteiger partial charge in [-0.15, -0.1) is 6.58 Å². The summed E-state index contributed by atoms with van der Waals surface area (Å²) in [5.74, 6) is -0.258. The van der Waals surface area contributed by atoms with Crippen LogP contribution in [-0.4, -0.2) is 17.2 Å². The minimum atomic E-state index is -0.592. The summed E-state index contributed by atoms with van der Waals surface area (Å²) in [5, 5.41) is 10.8. The topological polar surface area (TPSA) is 46.5 Å².